The van der Waals surface area contributed by atoms with E-state index >= 15 is 0 Å². The van der Waals surface area contributed by atoms with Crippen molar-refractivity contribution < 1.29 is 13.2 Å². The van der Waals surface area contributed by atoms with E-state index in [0.717, 1.165) is 21.7 Å². The summed E-state index contributed by atoms with van der Waals surface area (Å²) >= 11 is 3.35. The van der Waals surface area contributed by atoms with E-state index in [1.807, 2.05) is 38.1 Å². The number of carbonyl (C=O) groups is 1. The minimum atomic E-state index is -3.61. The fraction of sp³-hybridized carbons (Fsp3) is 0.316. The zero-order valence-electron chi connectivity index (χ0n) is 15.1. The lowest BCUT2D eigenvalue weighted by atomic mass is 10.0. The molecule has 0 aliphatic heterocycles. The van der Waals surface area contributed by atoms with Gasteiger partial charge in [-0.05, 0) is 47.0 Å². The number of hydrogen-bond acceptors (Lipinski definition) is 3. The number of halogens is 1. The third-order valence-corrected chi connectivity index (χ3v) is 5.83. The van der Waals surface area contributed by atoms with Gasteiger partial charge in [-0.2, -0.15) is 0 Å². The number of para-hydroxylation sites is 1. The second-order valence-corrected chi connectivity index (χ2v) is 8.92. The number of nitrogens with zero attached hydrogens (tertiary/aromatic N) is 1. The highest BCUT2D eigenvalue weighted by Gasteiger charge is 2.23. The Morgan fingerprint density at radius 2 is 1.77 bits per heavy atom. The molecule has 0 radical (unpaired) electrons. The first kappa shape index (κ1) is 20.5. The average Bonchev–Trinajstić information content (AvgIpc) is 2.58. The molecule has 1 amide bonds. The number of hydrogen-bond donors (Lipinski definition) is 1. The molecule has 7 heteroatoms. The van der Waals surface area contributed by atoms with Crippen LogP contribution in [0.5, 0.6) is 0 Å². The predicted molar refractivity (Wildman–Crippen MR) is 109 cm³/mol. The number of rotatable bonds is 7. The van der Waals surface area contributed by atoms with Crippen molar-refractivity contribution in [2.75, 3.05) is 17.1 Å². The first-order valence-electron chi connectivity index (χ1n) is 8.30. The van der Waals surface area contributed by atoms with Crippen LogP contribution in [0.4, 0.5) is 5.69 Å². The van der Waals surface area contributed by atoms with Gasteiger partial charge in [-0.3, -0.25) is 9.10 Å². The van der Waals surface area contributed by atoms with Crippen molar-refractivity contribution in [1.82, 2.24) is 5.32 Å². The maximum atomic E-state index is 12.6. The Bertz CT molecular complexity index is 867. The maximum Gasteiger partial charge on any atom is 0.241 e. The topological polar surface area (TPSA) is 66.5 Å². The molecular weight excluding hydrogens is 416 g/mol. The number of amides is 1. The van der Waals surface area contributed by atoms with Gasteiger partial charge < -0.3 is 5.32 Å². The quantitative estimate of drug-likeness (QED) is 0.714. The SMILES string of the molecule is CC[C@@H](NC(=O)CN(c1ccccc1Br)S(C)(=O)=O)c1ccc(C)cc1. The molecule has 0 unspecified atom stereocenters. The van der Waals surface area contributed by atoms with Crippen LogP contribution < -0.4 is 9.62 Å². The van der Waals surface area contributed by atoms with Crippen LogP contribution in [0.15, 0.2) is 53.0 Å². The first-order chi connectivity index (χ1) is 12.2. The van der Waals surface area contributed by atoms with Crippen LogP contribution in [0.3, 0.4) is 0 Å². The molecule has 0 spiro atoms. The lowest BCUT2D eigenvalue weighted by Gasteiger charge is -2.25. The molecule has 140 valence electrons. The summed E-state index contributed by atoms with van der Waals surface area (Å²) in [5, 5.41) is 2.93. The van der Waals surface area contributed by atoms with Crippen LogP contribution in [0, 0.1) is 6.92 Å². The molecule has 0 aliphatic rings. The van der Waals surface area contributed by atoms with Crippen LogP contribution >= 0.6 is 15.9 Å². The lowest BCUT2D eigenvalue weighted by molar-refractivity contribution is -0.120. The highest BCUT2D eigenvalue weighted by atomic mass is 79.9. The molecule has 2 rings (SSSR count). The van der Waals surface area contributed by atoms with E-state index in [1.165, 1.54) is 0 Å². The van der Waals surface area contributed by atoms with Gasteiger partial charge in [0.15, 0.2) is 0 Å². The number of nitrogens with one attached hydrogen (secondary N) is 1. The van der Waals surface area contributed by atoms with Crippen LogP contribution in [-0.2, 0) is 14.8 Å². The van der Waals surface area contributed by atoms with E-state index in [1.54, 1.807) is 24.3 Å². The molecule has 0 aromatic heterocycles. The third kappa shape index (κ3) is 5.32. The van der Waals surface area contributed by atoms with Gasteiger partial charge in [0, 0.05) is 4.47 Å². The predicted octanol–water partition coefficient (Wildman–Crippen LogP) is 3.79. The Morgan fingerprint density at radius 3 is 2.31 bits per heavy atom. The van der Waals surface area contributed by atoms with Gasteiger partial charge in [0.25, 0.3) is 0 Å². The largest absolute Gasteiger partial charge is 0.348 e. The summed E-state index contributed by atoms with van der Waals surface area (Å²) in [5.41, 5.74) is 2.58. The lowest BCUT2D eigenvalue weighted by Crippen LogP contribution is -2.41. The normalized spacial score (nSPS) is 12.5. The molecule has 5 nitrogen and oxygen atoms in total. The van der Waals surface area contributed by atoms with Crippen molar-refractivity contribution >= 4 is 37.5 Å². The van der Waals surface area contributed by atoms with Gasteiger partial charge in [-0.25, -0.2) is 8.42 Å². The van der Waals surface area contributed by atoms with Crippen LogP contribution in [0.25, 0.3) is 0 Å². The number of anilines is 1. The summed E-state index contributed by atoms with van der Waals surface area (Å²) in [6.45, 7) is 3.71. The highest BCUT2D eigenvalue weighted by molar-refractivity contribution is 9.10. The standard InChI is InChI=1S/C19H23BrN2O3S/c1-4-17(15-11-9-14(2)10-12-15)21-19(23)13-22(26(3,24)25)18-8-6-5-7-16(18)20/h5-12,17H,4,13H2,1-3H3,(H,21,23)/t17-/m1/s1. The summed E-state index contributed by atoms with van der Waals surface area (Å²) in [6, 6.07) is 14.7. The summed E-state index contributed by atoms with van der Waals surface area (Å²) in [7, 11) is -3.61. The molecule has 0 saturated carbocycles. The van der Waals surface area contributed by atoms with Crippen LogP contribution in [0.1, 0.15) is 30.5 Å². The van der Waals surface area contributed by atoms with Gasteiger partial charge in [-0.15, -0.1) is 0 Å². The van der Waals surface area contributed by atoms with E-state index < -0.39 is 10.0 Å². The highest BCUT2D eigenvalue weighted by Crippen LogP contribution is 2.27. The van der Waals surface area contributed by atoms with Crippen molar-refractivity contribution in [2.45, 2.75) is 26.3 Å². The van der Waals surface area contributed by atoms with E-state index in [-0.39, 0.29) is 18.5 Å². The minimum absolute atomic E-state index is 0.163. The molecule has 2 aromatic rings. The molecular formula is C19H23BrN2O3S. The van der Waals surface area contributed by atoms with E-state index in [4.69, 9.17) is 0 Å². The zero-order chi connectivity index (χ0) is 19.3. The van der Waals surface area contributed by atoms with E-state index in [2.05, 4.69) is 21.2 Å². The van der Waals surface area contributed by atoms with Crippen molar-refractivity contribution in [3.05, 3.63) is 64.1 Å². The van der Waals surface area contributed by atoms with Crippen molar-refractivity contribution in [3.8, 4) is 0 Å². The summed E-state index contributed by atoms with van der Waals surface area (Å²) in [6.07, 6.45) is 1.81. The Labute approximate surface area is 163 Å². The Hall–Kier alpha value is -1.86. The first-order valence-corrected chi connectivity index (χ1v) is 10.9. The maximum absolute atomic E-state index is 12.6. The monoisotopic (exact) mass is 438 g/mol. The van der Waals surface area contributed by atoms with Crippen LogP contribution in [-0.4, -0.2) is 27.1 Å². The second-order valence-electron chi connectivity index (χ2n) is 6.16. The smallest absolute Gasteiger partial charge is 0.241 e. The molecule has 0 saturated heterocycles. The molecule has 1 N–H and O–H groups in total. The fourth-order valence-electron chi connectivity index (χ4n) is 2.63. The molecule has 0 aliphatic carbocycles. The average molecular weight is 439 g/mol. The summed E-state index contributed by atoms with van der Waals surface area (Å²) < 4.78 is 26.1. The molecule has 0 heterocycles. The Morgan fingerprint density at radius 1 is 1.15 bits per heavy atom. The van der Waals surface area contributed by atoms with Gasteiger partial charge in [0.2, 0.25) is 15.9 Å². The van der Waals surface area contributed by atoms with Gasteiger partial charge in [0.05, 0.1) is 18.0 Å². The molecule has 0 fully saturated rings. The Kier molecular flexibility index (Phi) is 6.83. The fourth-order valence-corrected chi connectivity index (χ4v) is 4.11. The van der Waals surface area contributed by atoms with E-state index in [9.17, 15) is 13.2 Å². The van der Waals surface area contributed by atoms with Gasteiger partial charge in [0.1, 0.15) is 6.54 Å². The Balaban J connectivity index is 2.19. The molecule has 2 aromatic carbocycles. The third-order valence-electron chi connectivity index (χ3n) is 4.03. The zero-order valence-corrected chi connectivity index (χ0v) is 17.5. The number of carbonyl (C=O) groups excluding carboxylic acids is 1. The van der Waals surface area contributed by atoms with E-state index in [0.29, 0.717) is 16.6 Å². The van der Waals surface area contributed by atoms with Gasteiger partial charge >= 0.3 is 0 Å². The summed E-state index contributed by atoms with van der Waals surface area (Å²) in [4.78, 5) is 12.6. The van der Waals surface area contributed by atoms with Crippen molar-refractivity contribution in [1.29, 1.82) is 0 Å². The minimum Gasteiger partial charge on any atom is -0.348 e. The summed E-state index contributed by atoms with van der Waals surface area (Å²) in [5.74, 6) is -0.349. The van der Waals surface area contributed by atoms with Crippen molar-refractivity contribution in [3.63, 3.8) is 0 Å². The number of benzene rings is 2. The molecule has 26 heavy (non-hydrogen) atoms. The second kappa shape index (κ2) is 8.68. The molecule has 1 atom stereocenters. The number of aryl methyl sites for hydroxylation is 1. The van der Waals surface area contributed by atoms with Crippen LogP contribution in [0.2, 0.25) is 0 Å². The van der Waals surface area contributed by atoms with Gasteiger partial charge in [-0.1, -0.05) is 48.9 Å². The number of sulfonamides is 1. The molecule has 0 bridgehead atoms. The van der Waals surface area contributed by atoms with Crippen molar-refractivity contribution in [2.24, 2.45) is 0 Å².